The van der Waals surface area contributed by atoms with Crippen LogP contribution >= 0.6 is 11.3 Å². The highest BCUT2D eigenvalue weighted by molar-refractivity contribution is 7.15. The van der Waals surface area contributed by atoms with Gasteiger partial charge >= 0.3 is 0 Å². The van der Waals surface area contributed by atoms with Crippen LogP contribution in [0.3, 0.4) is 0 Å². The van der Waals surface area contributed by atoms with Crippen molar-refractivity contribution in [2.45, 2.75) is 32.1 Å². The number of nitrogens with zero attached hydrogens (tertiary/aromatic N) is 1. The van der Waals surface area contributed by atoms with Gasteiger partial charge in [0.15, 0.2) is 11.5 Å². The van der Waals surface area contributed by atoms with E-state index < -0.39 is 0 Å². The highest BCUT2D eigenvalue weighted by atomic mass is 32.1. The number of rotatable bonds is 4. The summed E-state index contributed by atoms with van der Waals surface area (Å²) in [4.78, 5) is 6.18. The molecule has 0 fully saturated rings. The molecule has 4 nitrogen and oxygen atoms in total. The second kappa shape index (κ2) is 6.03. The Kier molecular flexibility index (Phi) is 4.12. The summed E-state index contributed by atoms with van der Waals surface area (Å²) in [6.07, 6.45) is 3.50. The van der Waals surface area contributed by atoms with E-state index in [1.165, 1.54) is 29.5 Å². The summed E-state index contributed by atoms with van der Waals surface area (Å²) in [5, 5.41) is 23.4. The number of benzene rings is 1. The van der Waals surface area contributed by atoms with Crippen molar-refractivity contribution in [3.63, 3.8) is 0 Å². The van der Waals surface area contributed by atoms with Crippen LogP contribution in [-0.2, 0) is 6.42 Å². The van der Waals surface area contributed by atoms with Crippen molar-refractivity contribution in [3.8, 4) is 22.1 Å². The molecular formula is C16H20N2O2S. The third-order valence-corrected chi connectivity index (χ3v) is 5.11. The Hall–Kier alpha value is -1.59. The highest BCUT2D eigenvalue weighted by Gasteiger charge is 2.24. The van der Waals surface area contributed by atoms with Crippen LogP contribution in [-0.4, -0.2) is 28.3 Å². The fourth-order valence-electron chi connectivity index (χ4n) is 2.80. The Morgan fingerprint density at radius 2 is 2.19 bits per heavy atom. The molecule has 1 aliphatic rings. The van der Waals surface area contributed by atoms with Gasteiger partial charge in [-0.3, -0.25) is 0 Å². The largest absolute Gasteiger partial charge is 0.504 e. The van der Waals surface area contributed by atoms with E-state index in [9.17, 15) is 10.2 Å². The van der Waals surface area contributed by atoms with Crippen LogP contribution in [0, 0.1) is 0 Å². The first-order chi connectivity index (χ1) is 10.2. The highest BCUT2D eigenvalue weighted by Crippen LogP contribution is 2.39. The zero-order chi connectivity index (χ0) is 14.8. The summed E-state index contributed by atoms with van der Waals surface area (Å²) in [5.41, 5.74) is 2.08. The van der Waals surface area contributed by atoms with Crippen LogP contribution in [0.15, 0.2) is 18.2 Å². The average Bonchev–Trinajstić information content (AvgIpc) is 2.92. The van der Waals surface area contributed by atoms with E-state index in [1.54, 1.807) is 23.5 Å². The van der Waals surface area contributed by atoms with Gasteiger partial charge in [-0.05, 0) is 44.0 Å². The molecule has 112 valence electrons. The number of hydrogen-bond donors (Lipinski definition) is 3. The maximum Gasteiger partial charge on any atom is 0.158 e. The molecule has 1 heterocycles. The third kappa shape index (κ3) is 2.89. The lowest BCUT2D eigenvalue weighted by Crippen LogP contribution is -2.23. The number of phenolic OH excluding ortho intramolecular Hbond substituents is 2. The second-order valence-corrected chi connectivity index (χ2v) is 6.51. The molecule has 5 heteroatoms. The number of hydrogen-bond acceptors (Lipinski definition) is 5. The number of phenols is 2. The molecule has 0 aliphatic heterocycles. The molecule has 21 heavy (non-hydrogen) atoms. The maximum atomic E-state index is 9.65. The summed E-state index contributed by atoms with van der Waals surface area (Å²) in [7, 11) is 0. The topological polar surface area (TPSA) is 65.4 Å². The van der Waals surface area contributed by atoms with Gasteiger partial charge in [0.25, 0.3) is 0 Å². The Bertz CT molecular complexity index is 639. The van der Waals surface area contributed by atoms with Gasteiger partial charge in [0.2, 0.25) is 0 Å². The summed E-state index contributed by atoms with van der Waals surface area (Å²) in [6.45, 7) is 4.08. The van der Waals surface area contributed by atoms with Gasteiger partial charge in [-0.15, -0.1) is 11.3 Å². The number of aromatic hydroxyl groups is 2. The van der Waals surface area contributed by atoms with Crippen LogP contribution in [0.1, 0.15) is 36.3 Å². The molecule has 2 aromatic rings. The monoisotopic (exact) mass is 304 g/mol. The minimum atomic E-state index is -0.0927. The van der Waals surface area contributed by atoms with Gasteiger partial charge in [0.1, 0.15) is 5.01 Å². The second-order valence-electron chi connectivity index (χ2n) is 5.43. The van der Waals surface area contributed by atoms with Crippen molar-refractivity contribution in [2.75, 3.05) is 13.1 Å². The van der Waals surface area contributed by atoms with E-state index in [0.29, 0.717) is 5.92 Å². The summed E-state index contributed by atoms with van der Waals surface area (Å²) < 4.78 is 0. The lowest BCUT2D eigenvalue weighted by atomic mass is 9.91. The van der Waals surface area contributed by atoms with Gasteiger partial charge in [0.05, 0.1) is 5.69 Å². The fourth-order valence-corrected chi connectivity index (χ4v) is 3.99. The standard InChI is InChI=1S/C16H20N2O2S/c1-2-17-9-11-4-3-5-14-15(11)18-16(21-14)10-6-7-12(19)13(20)8-10/h6-8,11,17,19-20H,2-5,9H2,1H3. The van der Waals surface area contributed by atoms with Crippen molar-refractivity contribution in [1.29, 1.82) is 0 Å². The first kappa shape index (κ1) is 14.4. The predicted molar refractivity (Wildman–Crippen MR) is 85.1 cm³/mol. The van der Waals surface area contributed by atoms with Crippen LogP contribution in [0.2, 0.25) is 0 Å². The Morgan fingerprint density at radius 3 is 2.95 bits per heavy atom. The quantitative estimate of drug-likeness (QED) is 0.759. The van der Waals surface area contributed by atoms with Gasteiger partial charge in [-0.25, -0.2) is 4.98 Å². The SMILES string of the molecule is CCNCC1CCCc2sc(-c3ccc(O)c(O)c3)nc21. The smallest absolute Gasteiger partial charge is 0.158 e. The molecule has 0 amide bonds. The first-order valence-electron chi connectivity index (χ1n) is 7.41. The van der Waals surface area contributed by atoms with E-state index >= 15 is 0 Å². The van der Waals surface area contributed by atoms with E-state index in [2.05, 4.69) is 12.2 Å². The zero-order valence-electron chi connectivity index (χ0n) is 12.1. The molecule has 1 aromatic carbocycles. The Balaban J connectivity index is 1.91. The van der Waals surface area contributed by atoms with E-state index in [-0.39, 0.29) is 11.5 Å². The number of nitrogens with one attached hydrogen (secondary N) is 1. The number of aromatic nitrogens is 1. The summed E-state index contributed by atoms with van der Waals surface area (Å²) in [6, 6.07) is 4.90. The third-order valence-electron chi connectivity index (χ3n) is 3.93. The number of aryl methyl sites for hydroxylation is 1. The predicted octanol–water partition coefficient (Wildman–Crippen LogP) is 3.25. The molecule has 0 saturated heterocycles. The van der Waals surface area contributed by atoms with Crippen molar-refractivity contribution in [3.05, 3.63) is 28.8 Å². The van der Waals surface area contributed by atoms with Gasteiger partial charge in [-0.2, -0.15) is 0 Å². The summed E-state index contributed by atoms with van der Waals surface area (Å²) >= 11 is 1.71. The van der Waals surface area contributed by atoms with Crippen molar-refractivity contribution < 1.29 is 10.2 Å². The van der Waals surface area contributed by atoms with Crippen LogP contribution in [0.5, 0.6) is 11.5 Å². The molecule has 3 N–H and O–H groups in total. The van der Waals surface area contributed by atoms with Gasteiger partial charge < -0.3 is 15.5 Å². The van der Waals surface area contributed by atoms with Crippen LogP contribution < -0.4 is 5.32 Å². The maximum absolute atomic E-state index is 9.65. The lowest BCUT2D eigenvalue weighted by molar-refractivity contribution is 0.404. The molecule has 3 rings (SSSR count). The van der Waals surface area contributed by atoms with E-state index in [0.717, 1.165) is 30.1 Å². The number of likely N-dealkylation sites (N-methyl/N-ethyl adjacent to an activating group) is 1. The van der Waals surface area contributed by atoms with Crippen LogP contribution in [0.25, 0.3) is 10.6 Å². The minimum absolute atomic E-state index is 0.0925. The average molecular weight is 304 g/mol. The van der Waals surface area contributed by atoms with Gasteiger partial charge in [0, 0.05) is 22.9 Å². The van der Waals surface area contributed by atoms with E-state index in [1.807, 2.05) is 0 Å². The number of thiazole rings is 1. The molecule has 0 radical (unpaired) electrons. The first-order valence-corrected chi connectivity index (χ1v) is 8.23. The van der Waals surface area contributed by atoms with Gasteiger partial charge in [-0.1, -0.05) is 6.92 Å². The van der Waals surface area contributed by atoms with E-state index in [4.69, 9.17) is 4.98 Å². The van der Waals surface area contributed by atoms with Crippen molar-refractivity contribution in [2.24, 2.45) is 0 Å². The van der Waals surface area contributed by atoms with Crippen LogP contribution in [0.4, 0.5) is 0 Å². The van der Waals surface area contributed by atoms with Crippen molar-refractivity contribution in [1.82, 2.24) is 10.3 Å². The van der Waals surface area contributed by atoms with Crippen molar-refractivity contribution >= 4 is 11.3 Å². The summed E-state index contributed by atoms with van der Waals surface area (Å²) in [5.74, 6) is 0.305. The molecular weight excluding hydrogens is 284 g/mol. The molecule has 0 spiro atoms. The zero-order valence-corrected chi connectivity index (χ0v) is 12.9. The Labute approximate surface area is 128 Å². The minimum Gasteiger partial charge on any atom is -0.504 e. The molecule has 1 aromatic heterocycles. The molecule has 0 saturated carbocycles. The normalized spacial score (nSPS) is 17.7. The molecule has 1 aliphatic carbocycles. The number of fused-ring (bicyclic) bond motifs is 1. The lowest BCUT2D eigenvalue weighted by Gasteiger charge is -2.21. The Morgan fingerprint density at radius 1 is 1.33 bits per heavy atom. The molecule has 1 unspecified atom stereocenters. The molecule has 1 atom stereocenters. The fraction of sp³-hybridized carbons (Fsp3) is 0.438. The molecule has 0 bridgehead atoms.